The van der Waals surface area contributed by atoms with Crippen molar-refractivity contribution in [3.05, 3.63) is 59.8 Å². The molecule has 3 heterocycles. The Morgan fingerprint density at radius 2 is 2.09 bits per heavy atom. The summed E-state index contributed by atoms with van der Waals surface area (Å²) in [4.78, 5) is 44.9. The Morgan fingerprint density at radius 1 is 1.28 bits per heavy atom. The van der Waals surface area contributed by atoms with Gasteiger partial charge in [-0.25, -0.2) is 9.78 Å². The molecule has 32 heavy (non-hydrogen) atoms. The van der Waals surface area contributed by atoms with Crippen LogP contribution in [0, 0.1) is 0 Å². The van der Waals surface area contributed by atoms with Gasteiger partial charge in [-0.2, -0.15) is 0 Å². The van der Waals surface area contributed by atoms with E-state index in [9.17, 15) is 14.4 Å². The molecule has 166 valence electrons. The van der Waals surface area contributed by atoms with Crippen molar-refractivity contribution in [1.29, 1.82) is 0 Å². The first-order valence-electron chi connectivity index (χ1n) is 10.0. The van der Waals surface area contributed by atoms with Crippen LogP contribution >= 0.6 is 34.5 Å². The summed E-state index contributed by atoms with van der Waals surface area (Å²) in [5.74, 6) is 0.133. The minimum Gasteiger partial charge on any atom is -0.488 e. The predicted molar refractivity (Wildman–Crippen MR) is 126 cm³/mol. The van der Waals surface area contributed by atoms with Crippen molar-refractivity contribution >= 4 is 57.1 Å². The van der Waals surface area contributed by atoms with E-state index in [0.29, 0.717) is 52.8 Å². The average Bonchev–Trinajstić information content (AvgIpc) is 3.46. The number of anilines is 3. The monoisotopic (exact) mass is 492 g/mol. The average molecular weight is 493 g/mol. The van der Waals surface area contributed by atoms with E-state index in [1.807, 2.05) is 17.0 Å². The molecule has 0 bridgehead atoms. The van der Waals surface area contributed by atoms with Crippen molar-refractivity contribution in [2.24, 2.45) is 0 Å². The number of fused-ring (bicyclic) bond motifs is 2. The molecular formula is C21H18Cl2N4O4S. The fraction of sp³-hybridized carbons (Fsp3) is 0.333. The highest BCUT2D eigenvalue weighted by Crippen LogP contribution is 2.48. The Kier molecular flexibility index (Phi) is 5.15. The summed E-state index contributed by atoms with van der Waals surface area (Å²) in [5, 5.41) is 3.78. The molecule has 11 heteroatoms. The standard InChI is InChI=1S/C21H18Cl2N4O4S/c1-2-31-18-15(16(28)17(18)29)26-6-5-21(9-26)10-27(13-4-3-11(22)7-12(13)21)20(30)25-19-24-8-14(23)32-19/h3-4,7-8H,2,5-6,9-10H2,1H3,(H,24,25,30). The van der Waals surface area contributed by atoms with Crippen LogP contribution in [0.5, 0.6) is 5.75 Å². The SMILES string of the molecule is CCOc1c(N2CCC3(C2)CN(C(=O)Nc2ncc(Cl)s2)c2ccc(Cl)cc23)c(=O)c1=O. The van der Waals surface area contributed by atoms with Crippen LogP contribution in [0.2, 0.25) is 9.36 Å². The topological polar surface area (TPSA) is 91.8 Å². The number of halogens is 2. The number of thiazole rings is 1. The number of nitrogens with one attached hydrogen (secondary N) is 1. The number of nitrogens with zero attached hydrogens (tertiary/aromatic N) is 3. The molecule has 1 saturated heterocycles. The largest absolute Gasteiger partial charge is 0.488 e. The Hall–Kier alpha value is -2.62. The van der Waals surface area contributed by atoms with Crippen molar-refractivity contribution in [2.75, 3.05) is 41.4 Å². The third-order valence-corrected chi connectivity index (χ3v) is 7.28. The number of amides is 2. The minimum absolute atomic E-state index is 0.133. The predicted octanol–water partition coefficient (Wildman–Crippen LogP) is 3.64. The summed E-state index contributed by atoms with van der Waals surface area (Å²) >= 11 is 13.4. The maximum Gasteiger partial charge on any atom is 0.328 e. The Bertz CT molecular complexity index is 1300. The molecule has 1 atom stereocenters. The number of carbonyl (C=O) groups is 1. The van der Waals surface area contributed by atoms with Gasteiger partial charge >= 0.3 is 6.03 Å². The first-order valence-corrected chi connectivity index (χ1v) is 11.6. The van der Waals surface area contributed by atoms with E-state index >= 15 is 0 Å². The van der Waals surface area contributed by atoms with E-state index in [2.05, 4.69) is 10.3 Å². The third-order valence-electron chi connectivity index (χ3n) is 6.02. The summed E-state index contributed by atoms with van der Waals surface area (Å²) in [7, 11) is 0. The first-order chi connectivity index (χ1) is 15.3. The van der Waals surface area contributed by atoms with Gasteiger partial charge in [-0.1, -0.05) is 34.5 Å². The zero-order valence-electron chi connectivity index (χ0n) is 17.0. The summed E-state index contributed by atoms with van der Waals surface area (Å²) in [6.45, 7) is 3.52. The lowest BCUT2D eigenvalue weighted by Crippen LogP contribution is -2.44. The number of hydrogen-bond donors (Lipinski definition) is 1. The smallest absolute Gasteiger partial charge is 0.328 e. The van der Waals surface area contributed by atoms with Gasteiger partial charge in [0.1, 0.15) is 10.0 Å². The van der Waals surface area contributed by atoms with Gasteiger partial charge in [0.15, 0.2) is 10.9 Å². The van der Waals surface area contributed by atoms with Crippen LogP contribution in [0.4, 0.5) is 21.3 Å². The van der Waals surface area contributed by atoms with Gasteiger partial charge in [0.25, 0.3) is 10.9 Å². The lowest BCUT2D eigenvalue weighted by atomic mass is 9.81. The fourth-order valence-electron chi connectivity index (χ4n) is 4.63. The highest BCUT2D eigenvalue weighted by molar-refractivity contribution is 7.19. The van der Waals surface area contributed by atoms with E-state index in [0.717, 1.165) is 11.3 Å². The molecule has 2 aliphatic rings. The van der Waals surface area contributed by atoms with E-state index in [1.165, 1.54) is 17.5 Å². The van der Waals surface area contributed by atoms with Gasteiger partial charge in [-0.05, 0) is 37.1 Å². The number of urea groups is 1. The Labute approximate surface area is 197 Å². The van der Waals surface area contributed by atoms with Crippen LogP contribution in [-0.2, 0) is 5.41 Å². The van der Waals surface area contributed by atoms with E-state index in [-0.39, 0.29) is 11.8 Å². The van der Waals surface area contributed by atoms with Gasteiger partial charge in [0.2, 0.25) is 0 Å². The number of hydrogen-bond acceptors (Lipinski definition) is 7. The molecule has 0 aliphatic carbocycles. The third kappa shape index (κ3) is 3.27. The van der Waals surface area contributed by atoms with Gasteiger partial charge in [-0.3, -0.25) is 19.8 Å². The maximum absolute atomic E-state index is 13.1. The Morgan fingerprint density at radius 3 is 2.81 bits per heavy atom. The van der Waals surface area contributed by atoms with Crippen molar-refractivity contribution in [2.45, 2.75) is 18.8 Å². The van der Waals surface area contributed by atoms with Crippen molar-refractivity contribution in [1.82, 2.24) is 4.98 Å². The number of aromatic nitrogens is 1. The van der Waals surface area contributed by atoms with Gasteiger partial charge < -0.3 is 9.64 Å². The molecule has 1 aromatic heterocycles. The van der Waals surface area contributed by atoms with Crippen LogP contribution in [0.3, 0.4) is 0 Å². The molecule has 1 fully saturated rings. The highest BCUT2D eigenvalue weighted by Gasteiger charge is 2.50. The zero-order valence-corrected chi connectivity index (χ0v) is 19.3. The Balaban J connectivity index is 1.46. The summed E-state index contributed by atoms with van der Waals surface area (Å²) in [6.07, 6.45) is 2.17. The molecule has 5 rings (SSSR count). The highest BCUT2D eigenvalue weighted by atomic mass is 35.5. The second-order valence-corrected chi connectivity index (χ2v) is 9.97. The number of ether oxygens (including phenoxy) is 1. The number of carbonyl (C=O) groups excluding carboxylic acids is 1. The van der Waals surface area contributed by atoms with Crippen LogP contribution in [0.15, 0.2) is 34.0 Å². The second kappa shape index (κ2) is 7.75. The van der Waals surface area contributed by atoms with Gasteiger partial charge in [-0.15, -0.1) is 0 Å². The van der Waals surface area contributed by atoms with E-state index < -0.39 is 16.3 Å². The van der Waals surface area contributed by atoms with Crippen molar-refractivity contribution in [3.63, 3.8) is 0 Å². The lowest BCUT2D eigenvalue weighted by molar-refractivity contribution is 0.256. The zero-order chi connectivity index (χ0) is 22.6. The second-order valence-electron chi connectivity index (χ2n) is 7.87. The fourth-order valence-corrected chi connectivity index (χ4v) is 5.60. The molecule has 3 aromatic rings. The molecule has 0 radical (unpaired) electrons. The van der Waals surface area contributed by atoms with Crippen LogP contribution in [0.25, 0.3) is 0 Å². The van der Waals surface area contributed by atoms with Gasteiger partial charge in [0.05, 0.1) is 12.8 Å². The summed E-state index contributed by atoms with van der Waals surface area (Å²) in [6, 6.07) is 5.13. The number of benzene rings is 1. The minimum atomic E-state index is -0.583. The van der Waals surface area contributed by atoms with Gasteiger partial charge in [0, 0.05) is 35.8 Å². The molecular weight excluding hydrogens is 475 g/mol. The van der Waals surface area contributed by atoms with Crippen LogP contribution in [-0.4, -0.2) is 37.3 Å². The molecule has 0 saturated carbocycles. The summed E-state index contributed by atoms with van der Waals surface area (Å²) < 4.78 is 5.89. The maximum atomic E-state index is 13.1. The quantitative estimate of drug-likeness (QED) is 0.558. The molecule has 2 aromatic carbocycles. The van der Waals surface area contributed by atoms with E-state index in [4.69, 9.17) is 27.9 Å². The van der Waals surface area contributed by atoms with Crippen molar-refractivity contribution in [3.8, 4) is 5.75 Å². The lowest BCUT2D eigenvalue weighted by Gasteiger charge is -2.27. The van der Waals surface area contributed by atoms with Crippen molar-refractivity contribution < 1.29 is 9.53 Å². The molecule has 8 nitrogen and oxygen atoms in total. The molecule has 1 N–H and O–H groups in total. The first kappa shape index (κ1) is 21.2. The molecule has 1 spiro atoms. The molecule has 1 unspecified atom stereocenters. The molecule has 2 aliphatic heterocycles. The van der Waals surface area contributed by atoms with E-state index in [1.54, 1.807) is 17.9 Å². The molecule has 2 amide bonds. The summed E-state index contributed by atoms with van der Waals surface area (Å²) in [5.41, 5.74) is 0.493. The number of rotatable bonds is 4. The van der Waals surface area contributed by atoms with Crippen LogP contribution in [0.1, 0.15) is 18.9 Å². The normalized spacial score (nSPS) is 19.7. The van der Waals surface area contributed by atoms with Crippen LogP contribution < -0.4 is 30.7 Å².